The topological polar surface area (TPSA) is 73.9 Å². The van der Waals surface area contributed by atoms with Gasteiger partial charge in [0.05, 0.1) is 0 Å². The minimum Gasteiger partial charge on any atom is -0.368 e. The predicted molar refractivity (Wildman–Crippen MR) is 81.8 cm³/mol. The van der Waals surface area contributed by atoms with Crippen LogP contribution in [0.5, 0.6) is 0 Å². The molecule has 2 saturated carbocycles. The van der Waals surface area contributed by atoms with Crippen molar-refractivity contribution in [1.29, 1.82) is 0 Å². The van der Waals surface area contributed by atoms with Gasteiger partial charge in [0.2, 0.25) is 5.95 Å². The molecule has 0 aliphatic heterocycles. The van der Waals surface area contributed by atoms with Crippen LogP contribution in [0.25, 0.3) is 0 Å². The van der Waals surface area contributed by atoms with Gasteiger partial charge < -0.3 is 10.5 Å². The molecule has 0 spiro atoms. The number of nitrogens with zero attached hydrogens (tertiary/aromatic N) is 3. The van der Waals surface area contributed by atoms with E-state index in [-0.39, 0.29) is 5.60 Å². The summed E-state index contributed by atoms with van der Waals surface area (Å²) in [5.74, 6) is 2.44. The number of nitrogens with two attached hydrogens (primary N) is 1. The maximum absolute atomic E-state index is 6.15. The predicted octanol–water partition coefficient (Wildman–Crippen LogP) is 3.16. The van der Waals surface area contributed by atoms with Crippen LogP contribution in [0.4, 0.5) is 5.95 Å². The minimum atomic E-state index is -0.370. The zero-order valence-corrected chi connectivity index (χ0v) is 13.4. The van der Waals surface area contributed by atoms with Gasteiger partial charge in [-0.2, -0.15) is 9.97 Å². The zero-order chi connectivity index (χ0) is 15.1. The van der Waals surface area contributed by atoms with Crippen LogP contribution in [0.2, 0.25) is 0 Å². The molecule has 3 rings (SSSR count). The second-order valence-electron chi connectivity index (χ2n) is 7.24. The quantitative estimate of drug-likeness (QED) is 0.922. The Balaban J connectivity index is 1.93. The molecule has 2 fully saturated rings. The molecular weight excluding hydrogens is 264 g/mol. The van der Waals surface area contributed by atoms with Crippen molar-refractivity contribution < 1.29 is 4.74 Å². The summed E-state index contributed by atoms with van der Waals surface area (Å²) < 4.78 is 6.15. The summed E-state index contributed by atoms with van der Waals surface area (Å²) in [5.41, 5.74) is 5.93. The van der Waals surface area contributed by atoms with E-state index in [1.807, 2.05) is 6.92 Å². The molecule has 5 nitrogen and oxygen atoms in total. The first-order valence-electron chi connectivity index (χ1n) is 8.10. The number of aromatic nitrogens is 3. The molecule has 2 aliphatic rings. The number of anilines is 1. The van der Waals surface area contributed by atoms with Gasteiger partial charge in [0.15, 0.2) is 5.82 Å². The molecular formula is C16H26N4O. The van der Waals surface area contributed by atoms with Crippen LogP contribution >= 0.6 is 0 Å². The van der Waals surface area contributed by atoms with Crippen molar-refractivity contribution in [2.24, 2.45) is 5.41 Å². The third kappa shape index (κ3) is 3.03. The van der Waals surface area contributed by atoms with E-state index < -0.39 is 0 Å². The van der Waals surface area contributed by atoms with Crippen LogP contribution in [-0.4, -0.2) is 21.6 Å². The Kier molecular flexibility index (Phi) is 3.64. The number of hydrogen-bond acceptors (Lipinski definition) is 5. The number of ether oxygens (including phenoxy) is 1. The Bertz CT molecular complexity index is 515. The molecule has 0 unspecified atom stereocenters. The number of nitrogen functional groups attached to an aromatic ring is 1. The molecule has 21 heavy (non-hydrogen) atoms. The summed E-state index contributed by atoms with van der Waals surface area (Å²) in [6.07, 6.45) is 6.49. The molecule has 1 aromatic heterocycles. The van der Waals surface area contributed by atoms with Crippen LogP contribution in [-0.2, 0) is 10.3 Å². The molecule has 0 aromatic carbocycles. The van der Waals surface area contributed by atoms with Crippen molar-refractivity contribution in [3.8, 4) is 0 Å². The van der Waals surface area contributed by atoms with Gasteiger partial charge in [-0.15, -0.1) is 0 Å². The molecule has 2 N–H and O–H groups in total. The molecule has 2 aliphatic carbocycles. The van der Waals surface area contributed by atoms with Gasteiger partial charge in [0.25, 0.3) is 0 Å². The highest BCUT2D eigenvalue weighted by molar-refractivity contribution is 5.22. The lowest BCUT2D eigenvalue weighted by molar-refractivity contribution is -0.0949. The lowest BCUT2D eigenvalue weighted by Crippen LogP contribution is -2.39. The van der Waals surface area contributed by atoms with Gasteiger partial charge in [-0.3, -0.25) is 0 Å². The van der Waals surface area contributed by atoms with Crippen LogP contribution in [0.1, 0.15) is 76.9 Å². The summed E-state index contributed by atoms with van der Waals surface area (Å²) in [4.78, 5) is 13.5. The fraction of sp³-hybridized carbons (Fsp3) is 0.812. The van der Waals surface area contributed by atoms with Gasteiger partial charge in [-0.1, -0.05) is 13.8 Å². The molecule has 5 heteroatoms. The number of hydrogen-bond donors (Lipinski definition) is 1. The molecule has 0 saturated heterocycles. The van der Waals surface area contributed by atoms with E-state index in [2.05, 4.69) is 23.8 Å². The van der Waals surface area contributed by atoms with Gasteiger partial charge in [0, 0.05) is 12.5 Å². The van der Waals surface area contributed by atoms with E-state index >= 15 is 0 Å². The Hall–Kier alpha value is -1.23. The Morgan fingerprint density at radius 2 is 1.76 bits per heavy atom. The summed E-state index contributed by atoms with van der Waals surface area (Å²) in [6, 6.07) is 0. The second kappa shape index (κ2) is 5.20. The maximum atomic E-state index is 6.15. The van der Waals surface area contributed by atoms with Crippen molar-refractivity contribution in [1.82, 2.24) is 15.0 Å². The van der Waals surface area contributed by atoms with Gasteiger partial charge in [0.1, 0.15) is 11.4 Å². The van der Waals surface area contributed by atoms with Crippen molar-refractivity contribution in [3.63, 3.8) is 0 Å². The molecule has 1 aromatic rings. The SMILES string of the molecule is CCOC1(c2nc(N)nc(C3CC3)n2)CCC(C)(C)CC1. The number of rotatable bonds is 4. The summed E-state index contributed by atoms with van der Waals surface area (Å²) in [5, 5.41) is 0. The highest BCUT2D eigenvalue weighted by atomic mass is 16.5. The molecule has 116 valence electrons. The van der Waals surface area contributed by atoms with Crippen LogP contribution in [0.15, 0.2) is 0 Å². The lowest BCUT2D eigenvalue weighted by Gasteiger charge is -2.42. The molecule has 0 bridgehead atoms. The smallest absolute Gasteiger partial charge is 0.223 e. The van der Waals surface area contributed by atoms with Crippen molar-refractivity contribution in [2.45, 2.75) is 70.8 Å². The van der Waals surface area contributed by atoms with Crippen LogP contribution < -0.4 is 5.73 Å². The summed E-state index contributed by atoms with van der Waals surface area (Å²) >= 11 is 0. The first kappa shape index (κ1) is 14.7. The Morgan fingerprint density at radius 1 is 1.10 bits per heavy atom. The molecule has 0 radical (unpaired) electrons. The minimum absolute atomic E-state index is 0.339. The first-order chi connectivity index (χ1) is 9.94. The highest BCUT2D eigenvalue weighted by Crippen LogP contribution is 2.47. The lowest BCUT2D eigenvalue weighted by atomic mass is 9.70. The van der Waals surface area contributed by atoms with E-state index in [1.165, 1.54) is 0 Å². The summed E-state index contributed by atoms with van der Waals surface area (Å²) in [7, 11) is 0. The van der Waals surface area contributed by atoms with Gasteiger partial charge in [-0.25, -0.2) is 4.98 Å². The Labute approximate surface area is 126 Å². The molecule has 0 amide bonds. The van der Waals surface area contributed by atoms with Crippen molar-refractivity contribution in [2.75, 3.05) is 12.3 Å². The average Bonchev–Trinajstić information content (AvgIpc) is 3.25. The van der Waals surface area contributed by atoms with E-state index in [4.69, 9.17) is 15.5 Å². The highest BCUT2D eigenvalue weighted by Gasteiger charge is 2.43. The summed E-state index contributed by atoms with van der Waals surface area (Å²) in [6.45, 7) is 7.35. The molecule has 1 heterocycles. The van der Waals surface area contributed by atoms with E-state index in [9.17, 15) is 0 Å². The molecule has 0 atom stereocenters. The first-order valence-corrected chi connectivity index (χ1v) is 8.10. The van der Waals surface area contributed by atoms with E-state index in [0.29, 0.717) is 23.9 Å². The van der Waals surface area contributed by atoms with Crippen molar-refractivity contribution in [3.05, 3.63) is 11.6 Å². The second-order valence-corrected chi connectivity index (χ2v) is 7.24. The maximum Gasteiger partial charge on any atom is 0.223 e. The van der Waals surface area contributed by atoms with Gasteiger partial charge in [-0.05, 0) is 50.9 Å². The third-order valence-corrected chi connectivity index (χ3v) is 4.85. The Morgan fingerprint density at radius 3 is 2.33 bits per heavy atom. The normalized spacial score (nSPS) is 24.0. The fourth-order valence-corrected chi connectivity index (χ4v) is 3.18. The van der Waals surface area contributed by atoms with Crippen LogP contribution in [0, 0.1) is 5.41 Å². The monoisotopic (exact) mass is 290 g/mol. The van der Waals surface area contributed by atoms with E-state index in [1.54, 1.807) is 0 Å². The van der Waals surface area contributed by atoms with Crippen molar-refractivity contribution >= 4 is 5.95 Å². The third-order valence-electron chi connectivity index (χ3n) is 4.85. The zero-order valence-electron chi connectivity index (χ0n) is 13.4. The van der Waals surface area contributed by atoms with E-state index in [0.717, 1.165) is 50.2 Å². The van der Waals surface area contributed by atoms with Gasteiger partial charge >= 0.3 is 0 Å². The standard InChI is InChI=1S/C16H26N4O/c1-4-21-16(9-7-15(2,3)8-10-16)13-18-12(11-5-6-11)19-14(17)20-13/h11H,4-10H2,1-3H3,(H2,17,18,19,20). The fourth-order valence-electron chi connectivity index (χ4n) is 3.18. The van der Waals surface area contributed by atoms with Crippen LogP contribution in [0.3, 0.4) is 0 Å². The average molecular weight is 290 g/mol. The largest absolute Gasteiger partial charge is 0.368 e.